The molecule has 3 heterocycles. The van der Waals surface area contributed by atoms with Gasteiger partial charge < -0.3 is 15.6 Å². The van der Waals surface area contributed by atoms with Gasteiger partial charge in [0, 0.05) is 48.5 Å². The van der Waals surface area contributed by atoms with E-state index in [0.717, 1.165) is 60.5 Å². The first-order valence-corrected chi connectivity index (χ1v) is 13.9. The molecule has 1 aliphatic rings. The van der Waals surface area contributed by atoms with Gasteiger partial charge in [-0.05, 0) is 68.2 Å². The molecule has 3 N–H and O–H groups in total. The number of halogens is 1. The second-order valence-corrected chi connectivity index (χ2v) is 11.0. The summed E-state index contributed by atoms with van der Waals surface area (Å²) in [6.45, 7) is 5.98. The highest BCUT2D eigenvalue weighted by Crippen LogP contribution is 2.48. The summed E-state index contributed by atoms with van der Waals surface area (Å²) in [5.41, 5.74) is 9.06. The predicted octanol–water partition coefficient (Wildman–Crippen LogP) is 4.86. The van der Waals surface area contributed by atoms with Crippen molar-refractivity contribution in [2.24, 2.45) is 17.6 Å². The average molecular weight is 543 g/mol. The van der Waals surface area contributed by atoms with E-state index in [-0.39, 0.29) is 22.6 Å². The number of fused-ring (bicyclic) bond motifs is 1. The molecule has 0 bridgehead atoms. The lowest BCUT2D eigenvalue weighted by Crippen LogP contribution is -2.53. The standard InChI is InChI=1S/C30H35FN8O/c1-3-8-38(29(40)22-10-21(15-32)11-25(31)12-22)9-4-5-20(2)23-13-30(14-23,18-33)39-17-24(16-37-39)27-26-6-7-34-28(26)36-19-35-27/h6-7,10-12,16-17,19-20,23H,3-5,8-9,13-14,18,33H2,1-2H3,(H,34,35,36). The largest absolute Gasteiger partial charge is 0.346 e. The summed E-state index contributed by atoms with van der Waals surface area (Å²) < 4.78 is 15.9. The number of rotatable bonds is 11. The molecule has 0 radical (unpaired) electrons. The molecule has 1 unspecified atom stereocenters. The van der Waals surface area contributed by atoms with Crippen LogP contribution in [-0.2, 0) is 5.54 Å². The Kier molecular flexibility index (Phi) is 7.94. The van der Waals surface area contributed by atoms with E-state index in [1.807, 2.05) is 42.3 Å². The normalized spacial score (nSPS) is 19.2. The number of hydrogen-bond acceptors (Lipinski definition) is 6. The van der Waals surface area contributed by atoms with Crippen LogP contribution >= 0.6 is 0 Å². The van der Waals surface area contributed by atoms with E-state index in [0.29, 0.717) is 31.5 Å². The van der Waals surface area contributed by atoms with Gasteiger partial charge in [-0.15, -0.1) is 0 Å². The van der Waals surface area contributed by atoms with Crippen LogP contribution in [0.25, 0.3) is 22.3 Å². The zero-order chi connectivity index (χ0) is 28.3. The van der Waals surface area contributed by atoms with Gasteiger partial charge >= 0.3 is 0 Å². The molecule has 1 amide bonds. The van der Waals surface area contributed by atoms with Crippen molar-refractivity contribution in [3.63, 3.8) is 0 Å². The van der Waals surface area contributed by atoms with Crippen molar-refractivity contribution in [1.29, 1.82) is 5.26 Å². The predicted molar refractivity (Wildman–Crippen MR) is 151 cm³/mol. The number of nitriles is 1. The second kappa shape index (κ2) is 11.6. The van der Waals surface area contributed by atoms with E-state index in [1.165, 1.54) is 12.1 Å². The fraction of sp³-hybridized carbons (Fsp3) is 0.433. The number of carbonyl (C=O) groups is 1. The number of hydrogen-bond donors (Lipinski definition) is 2. The first kappa shape index (κ1) is 27.5. The van der Waals surface area contributed by atoms with Crippen molar-refractivity contribution in [2.45, 2.75) is 51.5 Å². The Morgan fingerprint density at radius 1 is 1.32 bits per heavy atom. The average Bonchev–Trinajstić information content (AvgIpc) is 3.62. The van der Waals surface area contributed by atoms with E-state index >= 15 is 0 Å². The molecule has 1 aliphatic carbocycles. The van der Waals surface area contributed by atoms with Crippen LogP contribution < -0.4 is 5.73 Å². The van der Waals surface area contributed by atoms with E-state index in [9.17, 15) is 9.18 Å². The zero-order valence-corrected chi connectivity index (χ0v) is 23.0. The Hall–Kier alpha value is -4.10. The smallest absolute Gasteiger partial charge is 0.254 e. The van der Waals surface area contributed by atoms with Crippen molar-refractivity contribution < 1.29 is 9.18 Å². The maximum atomic E-state index is 13.9. The van der Waals surface area contributed by atoms with E-state index in [1.54, 1.807) is 11.2 Å². The number of nitrogens with two attached hydrogens (primary N) is 1. The van der Waals surface area contributed by atoms with Crippen LogP contribution in [0.5, 0.6) is 0 Å². The summed E-state index contributed by atoms with van der Waals surface area (Å²) in [5.74, 6) is 0.184. The summed E-state index contributed by atoms with van der Waals surface area (Å²) >= 11 is 0. The van der Waals surface area contributed by atoms with Gasteiger partial charge in [0.05, 0.1) is 29.1 Å². The Morgan fingerprint density at radius 2 is 2.15 bits per heavy atom. The third-order valence-corrected chi connectivity index (χ3v) is 8.31. The van der Waals surface area contributed by atoms with Gasteiger partial charge in [-0.25, -0.2) is 14.4 Å². The first-order chi connectivity index (χ1) is 19.4. The van der Waals surface area contributed by atoms with E-state index < -0.39 is 5.82 Å². The first-order valence-electron chi connectivity index (χ1n) is 13.9. The molecule has 5 rings (SSSR count). The van der Waals surface area contributed by atoms with Crippen molar-refractivity contribution in [3.05, 3.63) is 66.1 Å². The van der Waals surface area contributed by atoms with Gasteiger partial charge in [-0.1, -0.05) is 13.8 Å². The highest BCUT2D eigenvalue weighted by Gasteiger charge is 2.47. The van der Waals surface area contributed by atoms with Crippen LogP contribution in [0.15, 0.2) is 49.2 Å². The summed E-state index contributed by atoms with van der Waals surface area (Å²) in [6.07, 6.45) is 11.8. The van der Waals surface area contributed by atoms with Crippen LogP contribution in [0.1, 0.15) is 61.9 Å². The van der Waals surface area contributed by atoms with Crippen molar-refractivity contribution in [3.8, 4) is 17.3 Å². The number of H-pyrrole nitrogens is 1. The summed E-state index contributed by atoms with van der Waals surface area (Å²) in [7, 11) is 0. The van der Waals surface area contributed by atoms with Gasteiger partial charge in [-0.3, -0.25) is 9.48 Å². The lowest BCUT2D eigenvalue weighted by atomic mass is 9.63. The zero-order valence-electron chi connectivity index (χ0n) is 23.0. The second-order valence-electron chi connectivity index (χ2n) is 11.0. The fourth-order valence-corrected chi connectivity index (χ4v) is 5.96. The molecule has 3 aromatic heterocycles. The minimum atomic E-state index is -0.570. The molecule has 40 heavy (non-hydrogen) atoms. The van der Waals surface area contributed by atoms with Gasteiger partial charge in [0.1, 0.15) is 17.8 Å². The Labute approximate surface area is 233 Å². The number of carbonyl (C=O) groups excluding carboxylic acids is 1. The molecule has 1 atom stereocenters. The lowest BCUT2D eigenvalue weighted by molar-refractivity contribution is 0.0248. The van der Waals surface area contributed by atoms with Crippen molar-refractivity contribution in [1.82, 2.24) is 29.6 Å². The number of nitrogens with zero attached hydrogens (tertiary/aromatic N) is 6. The topological polar surface area (TPSA) is 130 Å². The third-order valence-electron chi connectivity index (χ3n) is 8.31. The van der Waals surface area contributed by atoms with E-state index in [4.69, 9.17) is 16.1 Å². The molecule has 0 saturated heterocycles. The minimum Gasteiger partial charge on any atom is -0.346 e. The van der Waals surface area contributed by atoms with Crippen LogP contribution in [-0.4, -0.2) is 55.2 Å². The molecular formula is C30H35FN8O. The highest BCUT2D eigenvalue weighted by molar-refractivity contribution is 5.94. The summed E-state index contributed by atoms with van der Waals surface area (Å²) in [4.78, 5) is 26.7. The maximum Gasteiger partial charge on any atom is 0.254 e. The van der Waals surface area contributed by atoms with Gasteiger partial charge in [-0.2, -0.15) is 10.4 Å². The third kappa shape index (κ3) is 5.34. The van der Waals surface area contributed by atoms with Crippen LogP contribution in [0, 0.1) is 29.0 Å². The Balaban J connectivity index is 1.18. The lowest BCUT2D eigenvalue weighted by Gasteiger charge is -2.49. The molecule has 10 heteroatoms. The molecule has 0 spiro atoms. The Morgan fingerprint density at radius 3 is 2.90 bits per heavy atom. The Bertz CT molecular complexity index is 1530. The molecular weight excluding hydrogens is 507 g/mol. The van der Waals surface area contributed by atoms with Gasteiger partial charge in [0.2, 0.25) is 0 Å². The molecule has 4 aromatic rings. The minimum absolute atomic E-state index is 0.154. The number of amides is 1. The number of aromatic amines is 1. The quantitative estimate of drug-likeness (QED) is 0.278. The SMILES string of the molecule is CCCN(CCCC(C)C1CC(CN)(n2cc(-c3ncnc4[nH]ccc34)cn2)C1)C(=O)c1cc(F)cc(C#N)c1. The van der Waals surface area contributed by atoms with Crippen LogP contribution in [0.2, 0.25) is 0 Å². The molecule has 1 saturated carbocycles. The van der Waals surface area contributed by atoms with Gasteiger partial charge in [0.25, 0.3) is 5.91 Å². The highest BCUT2D eigenvalue weighted by atomic mass is 19.1. The number of benzene rings is 1. The van der Waals surface area contributed by atoms with Gasteiger partial charge in [0.15, 0.2) is 0 Å². The fourth-order valence-electron chi connectivity index (χ4n) is 5.96. The summed E-state index contributed by atoms with van der Waals surface area (Å²) in [6, 6.07) is 7.71. The molecule has 208 valence electrons. The van der Waals surface area contributed by atoms with Crippen LogP contribution in [0.4, 0.5) is 4.39 Å². The monoisotopic (exact) mass is 542 g/mol. The maximum absolute atomic E-state index is 13.9. The van der Waals surface area contributed by atoms with Crippen molar-refractivity contribution in [2.75, 3.05) is 19.6 Å². The van der Waals surface area contributed by atoms with Crippen LogP contribution in [0.3, 0.4) is 0 Å². The van der Waals surface area contributed by atoms with Crippen molar-refractivity contribution >= 4 is 16.9 Å². The molecule has 9 nitrogen and oxygen atoms in total. The summed E-state index contributed by atoms with van der Waals surface area (Å²) in [5, 5.41) is 14.8. The molecule has 1 aromatic carbocycles. The number of aromatic nitrogens is 5. The molecule has 1 fully saturated rings. The molecule has 0 aliphatic heterocycles. The van der Waals surface area contributed by atoms with E-state index in [2.05, 4.69) is 21.9 Å². The number of nitrogens with one attached hydrogen (secondary N) is 1.